The number of nitrogens with zero attached hydrogens (tertiary/aromatic N) is 2. The van der Waals surface area contributed by atoms with Gasteiger partial charge in [-0.05, 0) is 30.9 Å². The van der Waals surface area contributed by atoms with E-state index in [2.05, 4.69) is 20.6 Å². The maximum Gasteiger partial charge on any atom is 0.225 e. The largest absolute Gasteiger partial charge is 0.508 e. The minimum Gasteiger partial charge on any atom is -0.508 e. The second-order valence-electron chi connectivity index (χ2n) is 6.63. The molecule has 1 atom stereocenters. The fourth-order valence-electron chi connectivity index (χ4n) is 2.50. The van der Waals surface area contributed by atoms with Crippen molar-refractivity contribution in [3.63, 3.8) is 0 Å². The number of rotatable bonds is 7. The summed E-state index contributed by atoms with van der Waals surface area (Å²) in [5.74, 6) is 2.17. The molecule has 1 heterocycles. The predicted molar refractivity (Wildman–Crippen MR) is 94.7 cm³/mol. The summed E-state index contributed by atoms with van der Waals surface area (Å²) in [6.45, 7) is 4.12. The van der Waals surface area contributed by atoms with Crippen LogP contribution in [0.5, 0.6) is 5.75 Å². The first-order valence-electron chi connectivity index (χ1n) is 8.37. The van der Waals surface area contributed by atoms with Crippen molar-refractivity contribution >= 4 is 17.5 Å². The van der Waals surface area contributed by atoms with E-state index in [1.54, 1.807) is 18.2 Å². The molecule has 4 N–H and O–H groups in total. The monoisotopic (exact) mass is 328 g/mol. The van der Waals surface area contributed by atoms with E-state index in [1.165, 1.54) is 0 Å². The molecule has 2 aromatic rings. The summed E-state index contributed by atoms with van der Waals surface area (Å²) >= 11 is 0. The van der Waals surface area contributed by atoms with Crippen LogP contribution in [0.3, 0.4) is 0 Å². The van der Waals surface area contributed by atoms with Crippen molar-refractivity contribution in [3.05, 3.63) is 36.0 Å². The second-order valence-corrected chi connectivity index (χ2v) is 6.63. The molecule has 0 unspecified atom stereocenters. The smallest absolute Gasteiger partial charge is 0.225 e. The molecule has 0 amide bonds. The van der Waals surface area contributed by atoms with Gasteiger partial charge in [-0.2, -0.15) is 4.98 Å². The van der Waals surface area contributed by atoms with Gasteiger partial charge < -0.3 is 20.8 Å². The molecule has 3 rings (SSSR count). The van der Waals surface area contributed by atoms with Crippen molar-refractivity contribution in [3.8, 4) is 5.75 Å². The SMILES string of the molecule is CC(C)[C@@H](CO)Nc1nc(Nc2cccc(O)c2)cc(C2CC2)n1. The van der Waals surface area contributed by atoms with Crippen molar-refractivity contribution in [2.24, 2.45) is 5.92 Å². The maximum absolute atomic E-state index is 9.60. The molecule has 6 heteroatoms. The topological polar surface area (TPSA) is 90.3 Å². The molecule has 0 bridgehead atoms. The predicted octanol–water partition coefficient (Wildman–Crippen LogP) is 3.23. The van der Waals surface area contributed by atoms with E-state index in [0.717, 1.165) is 24.2 Å². The molecule has 0 spiro atoms. The van der Waals surface area contributed by atoms with E-state index in [4.69, 9.17) is 0 Å². The van der Waals surface area contributed by atoms with Gasteiger partial charge in [-0.3, -0.25) is 0 Å². The highest BCUT2D eigenvalue weighted by molar-refractivity contribution is 5.59. The third-order valence-electron chi connectivity index (χ3n) is 4.18. The Morgan fingerprint density at radius 3 is 2.62 bits per heavy atom. The van der Waals surface area contributed by atoms with Gasteiger partial charge in [-0.25, -0.2) is 4.98 Å². The Morgan fingerprint density at radius 1 is 1.21 bits per heavy atom. The molecule has 24 heavy (non-hydrogen) atoms. The van der Waals surface area contributed by atoms with Gasteiger partial charge in [-0.15, -0.1) is 0 Å². The lowest BCUT2D eigenvalue weighted by molar-refractivity contribution is 0.248. The summed E-state index contributed by atoms with van der Waals surface area (Å²) < 4.78 is 0. The molecule has 1 aromatic heterocycles. The van der Waals surface area contributed by atoms with Crippen LogP contribution in [0.4, 0.5) is 17.5 Å². The average molecular weight is 328 g/mol. The summed E-state index contributed by atoms with van der Waals surface area (Å²) in [4.78, 5) is 9.11. The highest BCUT2D eigenvalue weighted by Crippen LogP contribution is 2.40. The van der Waals surface area contributed by atoms with E-state index in [-0.39, 0.29) is 24.3 Å². The Balaban J connectivity index is 1.85. The maximum atomic E-state index is 9.60. The minimum atomic E-state index is -0.0897. The fraction of sp³-hybridized carbons (Fsp3) is 0.444. The molecule has 6 nitrogen and oxygen atoms in total. The first-order chi connectivity index (χ1) is 11.5. The van der Waals surface area contributed by atoms with E-state index in [0.29, 0.717) is 17.7 Å². The first-order valence-corrected chi connectivity index (χ1v) is 8.37. The van der Waals surface area contributed by atoms with Gasteiger partial charge in [0, 0.05) is 23.7 Å². The van der Waals surface area contributed by atoms with Crippen molar-refractivity contribution in [1.82, 2.24) is 9.97 Å². The fourth-order valence-corrected chi connectivity index (χ4v) is 2.50. The van der Waals surface area contributed by atoms with E-state index in [1.807, 2.05) is 26.0 Å². The minimum absolute atomic E-state index is 0.0317. The van der Waals surface area contributed by atoms with Gasteiger partial charge in [0.1, 0.15) is 11.6 Å². The number of aliphatic hydroxyl groups is 1. The molecule has 1 fully saturated rings. The third-order valence-corrected chi connectivity index (χ3v) is 4.18. The summed E-state index contributed by atoms with van der Waals surface area (Å²) in [6.07, 6.45) is 2.30. The molecule has 0 aliphatic heterocycles. The van der Waals surface area contributed by atoms with Crippen molar-refractivity contribution < 1.29 is 10.2 Å². The van der Waals surface area contributed by atoms with Crippen molar-refractivity contribution in [2.75, 3.05) is 17.2 Å². The Kier molecular flexibility index (Phi) is 4.85. The second kappa shape index (κ2) is 7.05. The van der Waals surface area contributed by atoms with Crippen LogP contribution in [0.2, 0.25) is 0 Å². The number of anilines is 3. The number of nitrogens with one attached hydrogen (secondary N) is 2. The average Bonchev–Trinajstić information content (AvgIpc) is 3.37. The lowest BCUT2D eigenvalue weighted by Crippen LogP contribution is -2.30. The molecular weight excluding hydrogens is 304 g/mol. The number of aromatic nitrogens is 2. The van der Waals surface area contributed by atoms with E-state index < -0.39 is 0 Å². The lowest BCUT2D eigenvalue weighted by atomic mass is 10.1. The molecule has 0 saturated heterocycles. The van der Waals surface area contributed by atoms with Gasteiger partial charge in [-0.1, -0.05) is 19.9 Å². The summed E-state index contributed by atoms with van der Waals surface area (Å²) in [5.41, 5.74) is 1.78. The number of benzene rings is 1. The van der Waals surface area contributed by atoms with Gasteiger partial charge in [0.15, 0.2) is 0 Å². The van der Waals surface area contributed by atoms with Gasteiger partial charge >= 0.3 is 0 Å². The highest BCUT2D eigenvalue weighted by atomic mass is 16.3. The van der Waals surface area contributed by atoms with Crippen LogP contribution < -0.4 is 10.6 Å². The standard InChI is InChI=1S/C18H24N4O2/c1-11(2)16(10-23)21-18-20-15(12-6-7-12)9-17(22-18)19-13-4-3-5-14(24)8-13/h3-5,8-9,11-12,16,23-24H,6-7,10H2,1-2H3,(H2,19,20,21,22)/t16-/m1/s1. The zero-order chi connectivity index (χ0) is 17.1. The van der Waals surface area contributed by atoms with Crippen LogP contribution in [0.25, 0.3) is 0 Å². The van der Waals surface area contributed by atoms with Crippen LogP contribution in [0, 0.1) is 5.92 Å². The summed E-state index contributed by atoms with van der Waals surface area (Å²) in [6, 6.07) is 8.79. The zero-order valence-corrected chi connectivity index (χ0v) is 14.0. The number of aromatic hydroxyl groups is 1. The molecule has 1 aliphatic carbocycles. The van der Waals surface area contributed by atoms with Gasteiger partial charge in [0.05, 0.1) is 18.3 Å². The molecular formula is C18H24N4O2. The van der Waals surface area contributed by atoms with Crippen molar-refractivity contribution in [1.29, 1.82) is 0 Å². The quantitative estimate of drug-likeness (QED) is 0.624. The molecule has 1 aliphatic rings. The normalized spacial score (nSPS) is 15.3. The summed E-state index contributed by atoms with van der Waals surface area (Å²) in [5, 5.41) is 25.6. The third kappa shape index (κ3) is 4.14. The van der Waals surface area contributed by atoms with Crippen LogP contribution in [-0.4, -0.2) is 32.8 Å². The molecule has 1 aromatic carbocycles. The number of phenolic OH excluding ortho intramolecular Hbond substituents is 1. The molecule has 1 saturated carbocycles. The van der Waals surface area contributed by atoms with E-state index >= 15 is 0 Å². The van der Waals surface area contributed by atoms with Crippen LogP contribution in [0.1, 0.15) is 38.3 Å². The number of aliphatic hydroxyl groups excluding tert-OH is 1. The number of phenols is 1. The Labute approximate surface area is 142 Å². The zero-order valence-electron chi connectivity index (χ0n) is 14.0. The first kappa shape index (κ1) is 16.5. The lowest BCUT2D eigenvalue weighted by Gasteiger charge is -2.20. The van der Waals surface area contributed by atoms with Gasteiger partial charge in [0.25, 0.3) is 0 Å². The number of hydrogen-bond donors (Lipinski definition) is 4. The van der Waals surface area contributed by atoms with Crippen molar-refractivity contribution in [2.45, 2.75) is 38.6 Å². The number of hydrogen-bond acceptors (Lipinski definition) is 6. The van der Waals surface area contributed by atoms with Crippen LogP contribution in [-0.2, 0) is 0 Å². The molecule has 0 radical (unpaired) electrons. The van der Waals surface area contributed by atoms with Crippen LogP contribution >= 0.6 is 0 Å². The Morgan fingerprint density at radius 2 is 2.00 bits per heavy atom. The Bertz CT molecular complexity index is 701. The molecule has 128 valence electrons. The van der Waals surface area contributed by atoms with Gasteiger partial charge in [0.2, 0.25) is 5.95 Å². The highest BCUT2D eigenvalue weighted by Gasteiger charge is 2.26. The van der Waals surface area contributed by atoms with Crippen LogP contribution in [0.15, 0.2) is 30.3 Å². The summed E-state index contributed by atoms with van der Waals surface area (Å²) in [7, 11) is 0. The Hall–Kier alpha value is -2.34. The van der Waals surface area contributed by atoms with E-state index in [9.17, 15) is 10.2 Å².